The molecule has 5 nitrogen and oxygen atoms in total. The topological polar surface area (TPSA) is 72.1 Å². The third-order valence-corrected chi connectivity index (χ3v) is 4.84. The SMILES string of the molecule is NC(=O)c1ccc(N2CCC(C=Cc3ccccc3)C2)c2cncnc12. The number of aromatic nitrogens is 2. The fraction of sp³-hybridized carbons (Fsp3) is 0.190. The Morgan fingerprint density at radius 3 is 2.85 bits per heavy atom. The lowest BCUT2D eigenvalue weighted by Gasteiger charge is -2.20. The number of fused-ring (bicyclic) bond motifs is 1. The standard InChI is InChI=1S/C21H20N4O/c22-21(26)17-8-9-19(18-12-23-14-24-20(17)18)25-11-10-16(13-25)7-6-15-4-2-1-3-5-15/h1-9,12,14,16H,10-11,13H2,(H2,22,26). The minimum Gasteiger partial charge on any atom is -0.370 e. The Balaban J connectivity index is 1.59. The van der Waals surface area contributed by atoms with Crippen LogP contribution in [0.4, 0.5) is 5.69 Å². The summed E-state index contributed by atoms with van der Waals surface area (Å²) in [4.78, 5) is 22.4. The number of benzene rings is 2. The summed E-state index contributed by atoms with van der Waals surface area (Å²) < 4.78 is 0. The van der Waals surface area contributed by atoms with Gasteiger partial charge in [-0.3, -0.25) is 4.79 Å². The molecule has 0 radical (unpaired) electrons. The molecule has 0 aliphatic carbocycles. The first kappa shape index (κ1) is 16.3. The second kappa shape index (κ2) is 6.96. The first-order valence-corrected chi connectivity index (χ1v) is 8.73. The molecule has 1 aliphatic heterocycles. The molecule has 2 aromatic carbocycles. The van der Waals surface area contributed by atoms with E-state index >= 15 is 0 Å². The summed E-state index contributed by atoms with van der Waals surface area (Å²) in [5, 5.41) is 0.872. The van der Waals surface area contributed by atoms with Crippen molar-refractivity contribution in [3.63, 3.8) is 0 Å². The minimum absolute atomic E-state index is 0.436. The van der Waals surface area contributed by atoms with E-state index in [4.69, 9.17) is 5.73 Å². The summed E-state index contributed by atoms with van der Waals surface area (Å²) in [6, 6.07) is 14.1. The van der Waals surface area contributed by atoms with E-state index in [1.165, 1.54) is 11.9 Å². The molecular formula is C21H20N4O. The number of carbonyl (C=O) groups excluding carboxylic acids is 1. The summed E-state index contributed by atoms with van der Waals surface area (Å²) in [6.07, 6.45) is 8.78. The van der Waals surface area contributed by atoms with Gasteiger partial charge >= 0.3 is 0 Å². The third-order valence-electron chi connectivity index (χ3n) is 4.84. The van der Waals surface area contributed by atoms with Crippen molar-refractivity contribution in [1.82, 2.24) is 9.97 Å². The number of anilines is 1. The van der Waals surface area contributed by atoms with E-state index in [1.54, 1.807) is 12.3 Å². The molecule has 1 saturated heterocycles. The highest BCUT2D eigenvalue weighted by atomic mass is 16.1. The number of nitrogens with two attached hydrogens (primary N) is 1. The van der Waals surface area contributed by atoms with Gasteiger partial charge in [-0.15, -0.1) is 0 Å². The molecule has 130 valence electrons. The Kier molecular flexibility index (Phi) is 4.35. The van der Waals surface area contributed by atoms with Crippen molar-refractivity contribution in [3.05, 3.63) is 72.2 Å². The molecule has 1 aliphatic rings. The second-order valence-corrected chi connectivity index (χ2v) is 6.55. The average molecular weight is 344 g/mol. The minimum atomic E-state index is -0.467. The summed E-state index contributed by atoms with van der Waals surface area (Å²) >= 11 is 0. The molecule has 0 spiro atoms. The lowest BCUT2D eigenvalue weighted by atomic mass is 10.1. The maximum atomic E-state index is 11.7. The van der Waals surface area contributed by atoms with Crippen LogP contribution in [0.3, 0.4) is 0 Å². The van der Waals surface area contributed by atoms with Crippen molar-refractivity contribution in [3.8, 4) is 0 Å². The van der Waals surface area contributed by atoms with Gasteiger partial charge in [-0.25, -0.2) is 9.97 Å². The van der Waals surface area contributed by atoms with Crippen LogP contribution in [0.15, 0.2) is 61.1 Å². The first-order valence-electron chi connectivity index (χ1n) is 8.73. The largest absolute Gasteiger partial charge is 0.370 e. The zero-order chi connectivity index (χ0) is 17.9. The van der Waals surface area contributed by atoms with Gasteiger partial charge in [0, 0.05) is 30.4 Å². The monoisotopic (exact) mass is 344 g/mol. The highest BCUT2D eigenvalue weighted by molar-refractivity contribution is 6.07. The van der Waals surface area contributed by atoms with Gasteiger partial charge in [-0.2, -0.15) is 0 Å². The Morgan fingerprint density at radius 2 is 2.04 bits per heavy atom. The smallest absolute Gasteiger partial charge is 0.250 e. The maximum absolute atomic E-state index is 11.7. The van der Waals surface area contributed by atoms with Gasteiger partial charge < -0.3 is 10.6 Å². The number of amides is 1. The Labute approximate surface area is 152 Å². The zero-order valence-electron chi connectivity index (χ0n) is 14.4. The van der Waals surface area contributed by atoms with Crippen molar-refractivity contribution in [2.45, 2.75) is 6.42 Å². The molecule has 1 amide bonds. The molecule has 1 unspecified atom stereocenters. The van der Waals surface area contributed by atoms with E-state index < -0.39 is 5.91 Å². The van der Waals surface area contributed by atoms with Gasteiger partial charge in [-0.05, 0) is 30.0 Å². The van der Waals surface area contributed by atoms with Gasteiger partial charge in [0.2, 0.25) is 0 Å². The van der Waals surface area contributed by atoms with E-state index in [0.717, 1.165) is 30.6 Å². The molecular weight excluding hydrogens is 324 g/mol. The van der Waals surface area contributed by atoms with Gasteiger partial charge in [0.1, 0.15) is 6.33 Å². The molecule has 1 atom stereocenters. The molecule has 0 saturated carbocycles. The van der Waals surface area contributed by atoms with Crippen LogP contribution in [0.1, 0.15) is 22.3 Å². The van der Waals surface area contributed by atoms with E-state index in [-0.39, 0.29) is 0 Å². The predicted octanol–water partition coefficient (Wildman–Crippen LogP) is 3.27. The molecule has 2 heterocycles. The Bertz CT molecular complexity index is 968. The summed E-state index contributed by atoms with van der Waals surface area (Å²) in [6.45, 7) is 1.90. The second-order valence-electron chi connectivity index (χ2n) is 6.55. The third kappa shape index (κ3) is 3.16. The zero-order valence-corrected chi connectivity index (χ0v) is 14.4. The van der Waals surface area contributed by atoms with Crippen LogP contribution in [0.25, 0.3) is 17.0 Å². The maximum Gasteiger partial charge on any atom is 0.250 e. The molecule has 3 aromatic rings. The van der Waals surface area contributed by atoms with Crippen LogP contribution in [0, 0.1) is 5.92 Å². The molecule has 26 heavy (non-hydrogen) atoms. The summed E-state index contributed by atoms with van der Waals surface area (Å²) in [5.74, 6) is 0.0241. The predicted molar refractivity (Wildman–Crippen MR) is 104 cm³/mol. The fourth-order valence-electron chi connectivity index (χ4n) is 3.51. The number of nitrogens with zero attached hydrogens (tertiary/aromatic N) is 3. The van der Waals surface area contributed by atoms with Gasteiger partial charge in [0.25, 0.3) is 5.91 Å². The molecule has 0 bridgehead atoms. The first-order chi connectivity index (χ1) is 12.7. The lowest BCUT2D eigenvalue weighted by Crippen LogP contribution is -2.20. The quantitative estimate of drug-likeness (QED) is 0.788. The van der Waals surface area contributed by atoms with E-state index in [1.807, 2.05) is 24.3 Å². The Hall–Kier alpha value is -3.21. The van der Waals surface area contributed by atoms with Crippen LogP contribution in [0.2, 0.25) is 0 Å². The number of hydrogen-bond acceptors (Lipinski definition) is 4. The lowest BCUT2D eigenvalue weighted by molar-refractivity contribution is 0.100. The van der Waals surface area contributed by atoms with Crippen molar-refractivity contribution in [2.75, 3.05) is 18.0 Å². The number of rotatable bonds is 4. The van der Waals surface area contributed by atoms with Crippen molar-refractivity contribution >= 4 is 28.6 Å². The fourth-order valence-corrected chi connectivity index (χ4v) is 3.51. The van der Waals surface area contributed by atoms with Crippen molar-refractivity contribution < 1.29 is 4.79 Å². The molecule has 2 N–H and O–H groups in total. The number of carbonyl (C=O) groups is 1. The molecule has 4 rings (SSSR count). The normalized spacial score (nSPS) is 17.2. The summed E-state index contributed by atoms with van der Waals surface area (Å²) in [5.41, 5.74) is 8.81. The number of hydrogen-bond donors (Lipinski definition) is 1. The van der Waals surface area contributed by atoms with E-state index in [2.05, 4.69) is 39.2 Å². The highest BCUT2D eigenvalue weighted by Gasteiger charge is 2.23. The van der Waals surface area contributed by atoms with Crippen LogP contribution >= 0.6 is 0 Å². The van der Waals surface area contributed by atoms with Crippen molar-refractivity contribution in [1.29, 1.82) is 0 Å². The van der Waals surface area contributed by atoms with Crippen molar-refractivity contribution in [2.24, 2.45) is 11.7 Å². The van der Waals surface area contributed by atoms with Crippen LogP contribution in [-0.2, 0) is 0 Å². The Morgan fingerprint density at radius 1 is 1.19 bits per heavy atom. The highest BCUT2D eigenvalue weighted by Crippen LogP contribution is 2.32. The van der Waals surface area contributed by atoms with Crippen LogP contribution < -0.4 is 10.6 Å². The molecule has 1 fully saturated rings. The number of primary amides is 1. The molecule has 1 aromatic heterocycles. The van der Waals surface area contributed by atoms with E-state index in [0.29, 0.717) is 17.0 Å². The van der Waals surface area contributed by atoms with Gasteiger partial charge in [0.15, 0.2) is 0 Å². The van der Waals surface area contributed by atoms with Gasteiger partial charge in [-0.1, -0.05) is 42.5 Å². The van der Waals surface area contributed by atoms with Gasteiger partial charge in [0.05, 0.1) is 11.1 Å². The molecule has 5 heteroatoms. The average Bonchev–Trinajstić information content (AvgIpc) is 3.15. The van der Waals surface area contributed by atoms with Crippen LogP contribution in [0.5, 0.6) is 0 Å². The summed E-state index contributed by atoms with van der Waals surface area (Å²) in [7, 11) is 0. The van der Waals surface area contributed by atoms with E-state index in [9.17, 15) is 4.79 Å². The van der Waals surface area contributed by atoms with Crippen LogP contribution in [-0.4, -0.2) is 29.0 Å².